The second-order valence-corrected chi connectivity index (χ2v) is 5.81. The van der Waals surface area contributed by atoms with Crippen molar-refractivity contribution in [3.63, 3.8) is 0 Å². The van der Waals surface area contributed by atoms with Crippen molar-refractivity contribution in [2.24, 2.45) is 5.14 Å². The van der Waals surface area contributed by atoms with Gasteiger partial charge in [-0.3, -0.25) is 0 Å². The number of nitrogens with one attached hydrogen (secondary N) is 1. The van der Waals surface area contributed by atoms with Crippen LogP contribution >= 0.6 is 11.3 Å². The zero-order valence-electron chi connectivity index (χ0n) is 7.99. The van der Waals surface area contributed by atoms with Crippen LogP contribution in [0, 0.1) is 6.92 Å². The second-order valence-electron chi connectivity index (χ2n) is 3.07. The first-order valence-corrected chi connectivity index (χ1v) is 6.83. The topological polar surface area (TPSA) is 72.2 Å². The Bertz CT molecular complexity index is 384. The summed E-state index contributed by atoms with van der Waals surface area (Å²) < 4.78 is 21.2. The van der Waals surface area contributed by atoms with E-state index in [-0.39, 0.29) is 5.75 Å². The maximum Gasteiger partial charge on any atom is 0.210 e. The molecule has 0 unspecified atom stereocenters. The minimum Gasteiger partial charge on any atom is -0.311 e. The molecular formula is C8H14N2O2S2. The molecule has 0 aliphatic rings. The molecule has 4 nitrogen and oxygen atoms in total. The van der Waals surface area contributed by atoms with E-state index in [0.717, 1.165) is 0 Å². The Labute approximate surface area is 88.2 Å². The van der Waals surface area contributed by atoms with Crippen molar-refractivity contribution in [3.8, 4) is 0 Å². The predicted molar refractivity (Wildman–Crippen MR) is 58.7 cm³/mol. The normalized spacial score (nSPS) is 11.9. The van der Waals surface area contributed by atoms with E-state index in [1.54, 1.807) is 11.3 Å². The van der Waals surface area contributed by atoms with Gasteiger partial charge in [0.1, 0.15) is 0 Å². The summed E-state index contributed by atoms with van der Waals surface area (Å²) in [6.07, 6.45) is 0. The zero-order chi connectivity index (χ0) is 10.6. The summed E-state index contributed by atoms with van der Waals surface area (Å²) in [5.41, 5.74) is 1.23. The Kier molecular flexibility index (Phi) is 4.06. The molecule has 6 heteroatoms. The van der Waals surface area contributed by atoms with E-state index in [4.69, 9.17) is 5.14 Å². The average molecular weight is 234 g/mol. The molecule has 1 aromatic heterocycles. The predicted octanol–water partition coefficient (Wildman–Crippen LogP) is 0.435. The molecule has 1 heterocycles. The Hall–Kier alpha value is -0.430. The number of aryl methyl sites for hydroxylation is 1. The van der Waals surface area contributed by atoms with Crippen molar-refractivity contribution in [1.29, 1.82) is 0 Å². The quantitative estimate of drug-likeness (QED) is 0.726. The molecular weight excluding hydrogens is 220 g/mol. The minimum atomic E-state index is -3.33. The molecule has 0 aliphatic heterocycles. The molecule has 0 fully saturated rings. The number of hydrogen-bond donors (Lipinski definition) is 2. The molecule has 0 aromatic carbocycles. The highest BCUT2D eigenvalue weighted by Gasteiger charge is 2.02. The van der Waals surface area contributed by atoms with Crippen molar-refractivity contribution < 1.29 is 8.42 Å². The van der Waals surface area contributed by atoms with E-state index in [9.17, 15) is 8.42 Å². The largest absolute Gasteiger partial charge is 0.311 e. The molecule has 0 spiro atoms. The highest BCUT2D eigenvalue weighted by molar-refractivity contribution is 7.89. The molecule has 80 valence electrons. The lowest BCUT2D eigenvalue weighted by molar-refractivity contribution is 0.592. The molecule has 3 N–H and O–H groups in total. The fourth-order valence-electron chi connectivity index (χ4n) is 1.00. The average Bonchev–Trinajstić information content (AvgIpc) is 2.44. The summed E-state index contributed by atoms with van der Waals surface area (Å²) in [7, 11) is -3.33. The molecule has 0 saturated heterocycles. The minimum absolute atomic E-state index is 0.0164. The van der Waals surface area contributed by atoms with E-state index < -0.39 is 10.0 Å². The van der Waals surface area contributed by atoms with Gasteiger partial charge in [-0.25, -0.2) is 13.6 Å². The van der Waals surface area contributed by atoms with E-state index in [1.165, 1.54) is 10.4 Å². The molecule has 0 radical (unpaired) electrons. The number of hydrogen-bond acceptors (Lipinski definition) is 4. The number of primary sulfonamides is 1. The standard InChI is InChI=1S/C8H14N2O2S2/c1-7-2-4-13-8(7)6-10-3-5-14(9,11)12/h2,4,10H,3,5-6H2,1H3,(H2,9,11,12). The Balaban J connectivity index is 2.26. The third kappa shape index (κ3) is 4.19. The van der Waals surface area contributed by atoms with Crippen LogP contribution in [-0.2, 0) is 16.6 Å². The van der Waals surface area contributed by atoms with Gasteiger partial charge in [0.05, 0.1) is 5.75 Å². The fourth-order valence-corrected chi connectivity index (χ4v) is 2.31. The molecule has 0 bridgehead atoms. The van der Waals surface area contributed by atoms with E-state index in [1.807, 2.05) is 18.4 Å². The Morgan fingerprint density at radius 1 is 1.57 bits per heavy atom. The molecule has 14 heavy (non-hydrogen) atoms. The third-order valence-electron chi connectivity index (χ3n) is 1.82. The Morgan fingerprint density at radius 3 is 2.79 bits per heavy atom. The van der Waals surface area contributed by atoms with Crippen molar-refractivity contribution in [1.82, 2.24) is 5.32 Å². The van der Waals surface area contributed by atoms with Gasteiger partial charge in [0.25, 0.3) is 0 Å². The van der Waals surface area contributed by atoms with E-state index in [2.05, 4.69) is 5.32 Å². The Morgan fingerprint density at radius 2 is 2.29 bits per heavy atom. The number of rotatable bonds is 5. The maximum absolute atomic E-state index is 10.6. The van der Waals surface area contributed by atoms with Crippen molar-refractivity contribution in [3.05, 3.63) is 21.9 Å². The van der Waals surface area contributed by atoms with Crippen molar-refractivity contribution in [2.45, 2.75) is 13.5 Å². The molecule has 1 rings (SSSR count). The van der Waals surface area contributed by atoms with Gasteiger partial charge in [0.2, 0.25) is 10.0 Å². The molecule has 0 amide bonds. The van der Waals surface area contributed by atoms with Crippen molar-refractivity contribution >= 4 is 21.4 Å². The van der Waals surface area contributed by atoms with Gasteiger partial charge < -0.3 is 5.32 Å². The summed E-state index contributed by atoms with van der Waals surface area (Å²) in [6, 6.07) is 2.04. The SMILES string of the molecule is Cc1ccsc1CNCCS(N)(=O)=O. The highest BCUT2D eigenvalue weighted by atomic mass is 32.2. The van der Waals surface area contributed by atoms with Gasteiger partial charge in [-0.15, -0.1) is 11.3 Å². The first-order chi connectivity index (χ1) is 6.49. The van der Waals surface area contributed by atoms with Crippen LogP contribution in [0.5, 0.6) is 0 Å². The lowest BCUT2D eigenvalue weighted by Gasteiger charge is -2.02. The monoisotopic (exact) mass is 234 g/mol. The van der Waals surface area contributed by atoms with Gasteiger partial charge >= 0.3 is 0 Å². The second kappa shape index (κ2) is 4.88. The molecule has 0 saturated carbocycles. The number of thiophene rings is 1. The van der Waals surface area contributed by atoms with Gasteiger partial charge in [0, 0.05) is 18.0 Å². The maximum atomic E-state index is 10.6. The highest BCUT2D eigenvalue weighted by Crippen LogP contribution is 2.14. The van der Waals surface area contributed by atoms with Crippen LogP contribution in [0.15, 0.2) is 11.4 Å². The van der Waals surface area contributed by atoms with Crippen LogP contribution in [0.25, 0.3) is 0 Å². The van der Waals surface area contributed by atoms with Crippen LogP contribution in [0.2, 0.25) is 0 Å². The molecule has 0 aliphatic carbocycles. The smallest absolute Gasteiger partial charge is 0.210 e. The van der Waals surface area contributed by atoms with Crippen LogP contribution < -0.4 is 10.5 Å². The third-order valence-corrected chi connectivity index (χ3v) is 3.61. The first kappa shape index (κ1) is 11.6. The van der Waals surface area contributed by atoms with Gasteiger partial charge in [0.15, 0.2) is 0 Å². The van der Waals surface area contributed by atoms with Crippen molar-refractivity contribution in [2.75, 3.05) is 12.3 Å². The van der Waals surface area contributed by atoms with E-state index >= 15 is 0 Å². The van der Waals surface area contributed by atoms with Crippen LogP contribution in [0.4, 0.5) is 0 Å². The number of nitrogens with two attached hydrogens (primary N) is 1. The first-order valence-electron chi connectivity index (χ1n) is 4.23. The lowest BCUT2D eigenvalue weighted by Crippen LogP contribution is -2.26. The number of sulfonamides is 1. The lowest BCUT2D eigenvalue weighted by atomic mass is 10.3. The van der Waals surface area contributed by atoms with Crippen LogP contribution in [-0.4, -0.2) is 20.7 Å². The van der Waals surface area contributed by atoms with Gasteiger partial charge in [-0.05, 0) is 23.9 Å². The molecule has 0 atom stereocenters. The summed E-state index contributed by atoms with van der Waals surface area (Å²) in [5.74, 6) is -0.0164. The zero-order valence-corrected chi connectivity index (χ0v) is 9.62. The van der Waals surface area contributed by atoms with E-state index in [0.29, 0.717) is 13.1 Å². The summed E-state index contributed by atoms with van der Waals surface area (Å²) >= 11 is 1.66. The summed E-state index contributed by atoms with van der Waals surface area (Å²) in [5, 5.41) is 9.92. The fraction of sp³-hybridized carbons (Fsp3) is 0.500. The molecule has 1 aromatic rings. The van der Waals surface area contributed by atoms with Crippen LogP contribution in [0.1, 0.15) is 10.4 Å². The van der Waals surface area contributed by atoms with Crippen LogP contribution in [0.3, 0.4) is 0 Å². The summed E-state index contributed by atoms with van der Waals surface area (Å²) in [6.45, 7) is 3.14. The summed E-state index contributed by atoms with van der Waals surface area (Å²) in [4.78, 5) is 1.24. The van der Waals surface area contributed by atoms with Gasteiger partial charge in [-0.1, -0.05) is 0 Å². The van der Waals surface area contributed by atoms with Gasteiger partial charge in [-0.2, -0.15) is 0 Å².